The zero-order valence-electron chi connectivity index (χ0n) is 19.4. The molecule has 0 saturated heterocycles. The van der Waals surface area contributed by atoms with Crippen LogP contribution in [0.15, 0.2) is 77.0 Å². The highest BCUT2D eigenvalue weighted by Gasteiger charge is 2.32. The van der Waals surface area contributed by atoms with Crippen molar-refractivity contribution in [1.29, 1.82) is 0 Å². The number of benzene rings is 3. The molecule has 2 heterocycles. The van der Waals surface area contributed by atoms with Gasteiger partial charge in [0, 0.05) is 0 Å². The molecule has 2 aliphatic rings. The molecule has 0 bridgehead atoms. The minimum absolute atomic E-state index is 0.110. The number of halogens is 1. The van der Waals surface area contributed by atoms with E-state index >= 15 is 0 Å². The number of anilines is 1. The first-order valence-corrected chi connectivity index (χ1v) is 12.1. The van der Waals surface area contributed by atoms with Crippen molar-refractivity contribution in [2.45, 2.75) is 6.10 Å². The van der Waals surface area contributed by atoms with Crippen LogP contribution in [0.5, 0.6) is 23.0 Å². The number of carbonyl (C=O) groups is 2. The molecule has 0 aromatic heterocycles. The van der Waals surface area contributed by atoms with Crippen LogP contribution >= 0.6 is 15.9 Å². The van der Waals surface area contributed by atoms with Crippen LogP contribution in [0.25, 0.3) is 6.08 Å². The lowest BCUT2D eigenvalue weighted by atomic mass is 10.1. The number of hydrogen-bond donors (Lipinski definition) is 1. The van der Waals surface area contributed by atoms with Crippen LogP contribution in [0.4, 0.5) is 5.69 Å². The number of para-hydroxylation sites is 4. The SMILES string of the molecule is COc1ccc(/C=C2\Oc3ccccc3N(CC(=O)NC[C@@H]3COc4ccccc4O3)C2=O)cc1Br. The fraction of sp³-hybridized carbons (Fsp3) is 0.185. The van der Waals surface area contributed by atoms with E-state index in [0.29, 0.717) is 35.3 Å². The molecule has 3 aromatic rings. The Morgan fingerprint density at radius 1 is 1.11 bits per heavy atom. The third kappa shape index (κ3) is 5.01. The van der Waals surface area contributed by atoms with E-state index in [1.165, 1.54) is 4.90 Å². The molecule has 0 spiro atoms. The van der Waals surface area contributed by atoms with Gasteiger partial charge in [-0.15, -0.1) is 0 Å². The van der Waals surface area contributed by atoms with Gasteiger partial charge in [-0.2, -0.15) is 0 Å². The van der Waals surface area contributed by atoms with Gasteiger partial charge in [-0.25, -0.2) is 0 Å². The van der Waals surface area contributed by atoms with Gasteiger partial charge in [0.05, 0.1) is 23.8 Å². The number of ether oxygens (including phenoxy) is 4. The highest BCUT2D eigenvalue weighted by Crippen LogP contribution is 2.36. The zero-order chi connectivity index (χ0) is 25.1. The molecule has 0 fully saturated rings. The van der Waals surface area contributed by atoms with Gasteiger partial charge in [-0.3, -0.25) is 14.5 Å². The quantitative estimate of drug-likeness (QED) is 0.463. The van der Waals surface area contributed by atoms with Crippen LogP contribution < -0.4 is 29.2 Å². The van der Waals surface area contributed by atoms with Crippen molar-refractivity contribution >= 4 is 39.5 Å². The zero-order valence-corrected chi connectivity index (χ0v) is 21.0. The Kier molecular flexibility index (Phi) is 6.81. The predicted molar refractivity (Wildman–Crippen MR) is 137 cm³/mol. The summed E-state index contributed by atoms with van der Waals surface area (Å²) < 4.78 is 23.5. The summed E-state index contributed by atoms with van der Waals surface area (Å²) in [6.07, 6.45) is 1.30. The molecular weight excluding hydrogens is 528 g/mol. The van der Waals surface area contributed by atoms with Crippen molar-refractivity contribution in [2.24, 2.45) is 0 Å². The smallest absolute Gasteiger partial charge is 0.294 e. The van der Waals surface area contributed by atoms with E-state index in [9.17, 15) is 9.59 Å². The summed E-state index contributed by atoms with van der Waals surface area (Å²) >= 11 is 3.45. The Morgan fingerprint density at radius 2 is 1.86 bits per heavy atom. The van der Waals surface area contributed by atoms with Crippen LogP contribution in [-0.2, 0) is 9.59 Å². The molecule has 1 atom stereocenters. The van der Waals surface area contributed by atoms with Crippen LogP contribution in [0.3, 0.4) is 0 Å². The summed E-state index contributed by atoms with van der Waals surface area (Å²) in [6.45, 7) is 0.393. The van der Waals surface area contributed by atoms with Crippen LogP contribution in [0, 0.1) is 0 Å². The molecule has 3 aromatic carbocycles. The minimum Gasteiger partial charge on any atom is -0.496 e. The van der Waals surface area contributed by atoms with Gasteiger partial charge in [0.1, 0.15) is 25.0 Å². The third-order valence-corrected chi connectivity index (χ3v) is 6.32. The largest absolute Gasteiger partial charge is 0.496 e. The lowest BCUT2D eigenvalue weighted by Gasteiger charge is -2.30. The molecule has 2 amide bonds. The molecule has 8 nitrogen and oxygen atoms in total. The predicted octanol–water partition coefficient (Wildman–Crippen LogP) is 4.18. The van der Waals surface area contributed by atoms with E-state index in [4.69, 9.17) is 18.9 Å². The first kappa shape index (κ1) is 23.7. The van der Waals surface area contributed by atoms with Gasteiger partial charge in [0.25, 0.3) is 5.91 Å². The average Bonchev–Trinajstić information content (AvgIpc) is 2.90. The Balaban J connectivity index is 1.30. The lowest BCUT2D eigenvalue weighted by Crippen LogP contribution is -2.47. The number of fused-ring (bicyclic) bond motifs is 2. The third-order valence-electron chi connectivity index (χ3n) is 5.70. The molecule has 0 saturated carbocycles. The maximum atomic E-state index is 13.4. The average molecular weight is 551 g/mol. The normalized spacial score (nSPS) is 17.3. The van der Waals surface area contributed by atoms with E-state index in [2.05, 4.69) is 21.2 Å². The molecule has 2 aliphatic heterocycles. The fourth-order valence-corrected chi connectivity index (χ4v) is 4.49. The molecule has 36 heavy (non-hydrogen) atoms. The van der Waals surface area contributed by atoms with Gasteiger partial charge in [0.15, 0.2) is 23.0 Å². The summed E-state index contributed by atoms with van der Waals surface area (Å²) in [5, 5.41) is 2.85. The summed E-state index contributed by atoms with van der Waals surface area (Å²) in [4.78, 5) is 27.6. The first-order valence-electron chi connectivity index (χ1n) is 11.3. The molecule has 0 aliphatic carbocycles. The van der Waals surface area contributed by atoms with E-state index in [0.717, 1.165) is 10.0 Å². The number of hydrogen-bond acceptors (Lipinski definition) is 6. The van der Waals surface area contributed by atoms with E-state index < -0.39 is 5.91 Å². The molecule has 184 valence electrons. The number of nitrogens with zero attached hydrogens (tertiary/aromatic N) is 1. The fourth-order valence-electron chi connectivity index (χ4n) is 3.93. The van der Waals surface area contributed by atoms with E-state index in [1.54, 1.807) is 37.5 Å². The van der Waals surface area contributed by atoms with Gasteiger partial charge in [-0.1, -0.05) is 30.3 Å². The lowest BCUT2D eigenvalue weighted by molar-refractivity contribution is -0.123. The van der Waals surface area contributed by atoms with Crippen LogP contribution in [0.1, 0.15) is 5.56 Å². The summed E-state index contributed by atoms with van der Waals surface area (Å²) in [7, 11) is 1.58. The Bertz CT molecular complexity index is 1340. The molecule has 0 unspecified atom stereocenters. The van der Waals surface area contributed by atoms with E-state index in [1.807, 2.05) is 42.5 Å². The molecular formula is C27H23BrN2O6. The van der Waals surface area contributed by atoms with Crippen molar-refractivity contribution in [1.82, 2.24) is 5.32 Å². The Labute approximate surface area is 216 Å². The summed E-state index contributed by atoms with van der Waals surface area (Å²) in [6, 6.07) is 19.9. The molecule has 5 rings (SSSR count). The summed E-state index contributed by atoms with van der Waals surface area (Å²) in [5.41, 5.74) is 1.27. The topological polar surface area (TPSA) is 86.3 Å². The van der Waals surface area contributed by atoms with Gasteiger partial charge >= 0.3 is 0 Å². The number of carbonyl (C=O) groups excluding carboxylic acids is 2. The van der Waals surface area contributed by atoms with Gasteiger partial charge < -0.3 is 24.3 Å². The van der Waals surface area contributed by atoms with Crippen molar-refractivity contribution in [2.75, 3.05) is 31.7 Å². The monoisotopic (exact) mass is 550 g/mol. The van der Waals surface area contributed by atoms with E-state index in [-0.39, 0.29) is 30.9 Å². The van der Waals surface area contributed by atoms with Crippen molar-refractivity contribution in [3.8, 4) is 23.0 Å². The summed E-state index contributed by atoms with van der Waals surface area (Å²) in [5.74, 6) is 1.85. The van der Waals surface area contributed by atoms with Gasteiger partial charge in [0.2, 0.25) is 5.91 Å². The first-order chi connectivity index (χ1) is 17.5. The molecule has 1 N–H and O–H groups in total. The highest BCUT2D eigenvalue weighted by atomic mass is 79.9. The number of nitrogens with one attached hydrogen (secondary N) is 1. The van der Waals surface area contributed by atoms with Crippen LogP contribution in [0.2, 0.25) is 0 Å². The Morgan fingerprint density at radius 3 is 2.64 bits per heavy atom. The Hall–Kier alpha value is -3.98. The highest BCUT2D eigenvalue weighted by molar-refractivity contribution is 9.10. The minimum atomic E-state index is -0.415. The second-order valence-corrected chi connectivity index (χ2v) is 9.02. The second-order valence-electron chi connectivity index (χ2n) is 8.17. The molecule has 9 heteroatoms. The maximum absolute atomic E-state index is 13.4. The number of methoxy groups -OCH3 is 1. The maximum Gasteiger partial charge on any atom is 0.294 e. The number of amides is 2. The molecule has 0 radical (unpaired) electrons. The van der Waals surface area contributed by atoms with Crippen molar-refractivity contribution in [3.05, 3.63) is 82.5 Å². The van der Waals surface area contributed by atoms with Crippen molar-refractivity contribution < 1.29 is 28.5 Å². The van der Waals surface area contributed by atoms with Gasteiger partial charge in [-0.05, 0) is 64.0 Å². The number of rotatable bonds is 6. The second kappa shape index (κ2) is 10.3. The van der Waals surface area contributed by atoms with Crippen LogP contribution in [-0.4, -0.2) is 44.7 Å². The van der Waals surface area contributed by atoms with Crippen molar-refractivity contribution in [3.63, 3.8) is 0 Å². The standard InChI is InChI=1S/C27H23BrN2O6/c1-33-21-11-10-17(12-19(21)28)13-25-27(32)30(20-6-2-3-7-22(20)36-25)15-26(31)29-14-18-16-34-23-8-4-5-9-24(23)35-18/h2-13,18H,14-16H2,1H3,(H,29,31)/b25-13-/t18-/m1/s1.